The van der Waals surface area contributed by atoms with Gasteiger partial charge in [-0.2, -0.15) is 0 Å². The second kappa shape index (κ2) is 5.56. The van der Waals surface area contributed by atoms with E-state index in [-0.39, 0.29) is 12.7 Å². The second-order valence-corrected chi connectivity index (χ2v) is 1.98. The maximum Gasteiger partial charge on any atom is 0.330 e. The van der Waals surface area contributed by atoms with Crippen molar-refractivity contribution < 1.29 is 9.53 Å². The average molecular weight is 150 g/mol. The molecule has 0 fully saturated rings. The first-order valence-corrected chi connectivity index (χ1v) is 3.45. The van der Waals surface area contributed by atoms with E-state index in [1.54, 1.807) is 0 Å². The smallest absolute Gasteiger partial charge is 0.330 e. The molecule has 0 bridgehead atoms. The van der Waals surface area contributed by atoms with Crippen LogP contribution in [-0.2, 0) is 9.53 Å². The molecule has 0 rings (SSSR count). The predicted octanol–water partition coefficient (Wildman–Crippen LogP) is -0.111. The van der Waals surface area contributed by atoms with Crippen molar-refractivity contribution in [3.05, 3.63) is 12.7 Å². The Balaban J connectivity index is 3.34. The maximum atomic E-state index is 10.5. The first-order valence-electron chi connectivity index (χ1n) is 4.25. The van der Waals surface area contributed by atoms with Crippen LogP contribution in [-0.4, -0.2) is 26.3 Å². The fraction of sp³-hybridized carbons (Fsp3) is 0.500. The number of rotatable bonds is 5. The Kier molecular flexibility index (Phi) is 2.64. The van der Waals surface area contributed by atoms with Gasteiger partial charge in [0.05, 0.1) is 6.61 Å². The standard InChI is InChI=1S/C6H12O2Si/c1-2-6(7)8-4-3-5-9/h2H,1,3-5H2,9H3/i9T3. The molecule has 0 aromatic carbocycles. The minimum atomic E-state index is -3.21. The number of esters is 1. The maximum absolute atomic E-state index is 10.5. The van der Waals surface area contributed by atoms with Crippen LogP contribution in [0.5, 0.6) is 0 Å². The summed E-state index contributed by atoms with van der Waals surface area (Å²) in [4.78, 5) is 10.5. The lowest BCUT2D eigenvalue weighted by atomic mass is 10.5. The Labute approximate surface area is 62.0 Å². The van der Waals surface area contributed by atoms with E-state index >= 15 is 0 Å². The largest absolute Gasteiger partial charge is 0.463 e. The lowest BCUT2D eigenvalue weighted by Crippen LogP contribution is -2.00. The highest BCUT2D eigenvalue weighted by Gasteiger charge is 1.91. The summed E-state index contributed by atoms with van der Waals surface area (Å²) < 4.78 is 25.5. The quantitative estimate of drug-likeness (QED) is 0.236. The molecule has 0 aromatic rings. The minimum Gasteiger partial charge on any atom is -0.463 e. The molecule has 2 nitrogen and oxygen atoms in total. The van der Waals surface area contributed by atoms with Crippen LogP contribution < -0.4 is 0 Å². The predicted molar refractivity (Wildman–Crippen MR) is 40.5 cm³/mol. The van der Waals surface area contributed by atoms with Gasteiger partial charge in [-0.1, -0.05) is 12.6 Å². The summed E-state index contributed by atoms with van der Waals surface area (Å²) in [6, 6.07) is 0.206. The Bertz CT molecular complexity index is 167. The van der Waals surface area contributed by atoms with Crippen molar-refractivity contribution in [1.29, 1.82) is 3.70 Å². The Morgan fingerprint density at radius 1 is 2.00 bits per heavy atom. The molecule has 3 heteroatoms. The molecule has 0 N–H and O–H groups in total. The third-order valence-electron chi connectivity index (χ3n) is 0.732. The normalized spacial score (nSPS) is 14.9. The molecule has 9 heavy (non-hydrogen) atoms. The van der Waals surface area contributed by atoms with Gasteiger partial charge in [0, 0.05) is 19.8 Å². The van der Waals surface area contributed by atoms with Crippen molar-refractivity contribution in [2.24, 2.45) is 0 Å². The molecule has 0 unspecified atom stereocenters. The van der Waals surface area contributed by atoms with Crippen LogP contribution in [0, 0.1) is 0 Å². The van der Waals surface area contributed by atoms with E-state index in [0.29, 0.717) is 6.42 Å². The van der Waals surface area contributed by atoms with E-state index in [2.05, 4.69) is 11.3 Å². The van der Waals surface area contributed by atoms with Crippen LogP contribution in [0.4, 0.5) is 0 Å². The number of carbonyl (C=O) groups excluding carboxylic acids is 1. The van der Waals surface area contributed by atoms with Crippen molar-refractivity contribution in [2.45, 2.75) is 12.5 Å². The molecular weight excluding hydrogens is 132 g/mol. The van der Waals surface area contributed by atoms with E-state index in [1.807, 2.05) is 0 Å². The minimum absolute atomic E-state index is 0.177. The molecule has 0 radical (unpaired) electrons. The summed E-state index contributed by atoms with van der Waals surface area (Å²) in [7, 11) is -3.21. The van der Waals surface area contributed by atoms with E-state index in [0.717, 1.165) is 6.08 Å². The Morgan fingerprint density at radius 2 is 2.78 bits per heavy atom. The molecule has 0 aromatic heterocycles. The van der Waals surface area contributed by atoms with Crippen molar-refractivity contribution in [3.63, 3.8) is 0 Å². The van der Waals surface area contributed by atoms with Crippen LogP contribution >= 0.6 is 0 Å². The van der Waals surface area contributed by atoms with Crippen LogP contribution in [0.1, 0.15) is 6.42 Å². The highest BCUT2D eigenvalue weighted by atomic mass is 28.1. The molecule has 0 spiro atoms. The van der Waals surface area contributed by atoms with Gasteiger partial charge in [0.1, 0.15) is 0 Å². The monoisotopic (exact) mass is 150 g/mol. The van der Waals surface area contributed by atoms with Gasteiger partial charge in [-0.15, -0.1) is 0 Å². The van der Waals surface area contributed by atoms with E-state index in [9.17, 15) is 4.79 Å². The molecule has 0 aliphatic heterocycles. The SMILES string of the molecule is [3H][Si]([3H])([3H])CCCOC(=O)C=C. The Morgan fingerprint density at radius 3 is 3.33 bits per heavy atom. The summed E-state index contributed by atoms with van der Waals surface area (Å²) in [5.41, 5.74) is 0. The number of ether oxygens (including phenoxy) is 1. The first kappa shape index (κ1) is 4.28. The van der Waals surface area contributed by atoms with Crippen LogP contribution in [0.3, 0.4) is 0 Å². The topological polar surface area (TPSA) is 26.3 Å². The zero-order valence-corrected chi connectivity index (χ0v) is 6.22. The summed E-state index contributed by atoms with van der Waals surface area (Å²) >= 11 is 0. The van der Waals surface area contributed by atoms with Crippen molar-refractivity contribution >= 4 is 16.0 Å². The molecule has 52 valence electrons. The fourth-order valence-corrected chi connectivity index (χ4v) is 0.448. The number of hydrogen-bond donors (Lipinski definition) is 0. The lowest BCUT2D eigenvalue weighted by molar-refractivity contribution is -0.137. The molecule has 0 saturated carbocycles. The first-order chi connectivity index (χ1) is 5.45. The molecular formula is C6H12O2Si. The third-order valence-corrected chi connectivity index (χ3v) is 1.09. The van der Waals surface area contributed by atoms with Gasteiger partial charge < -0.3 is 4.74 Å². The van der Waals surface area contributed by atoms with Gasteiger partial charge in [0.2, 0.25) is 0 Å². The summed E-state index contributed by atoms with van der Waals surface area (Å²) in [6.45, 7) is 3.39. The molecule has 0 saturated heterocycles. The average Bonchev–Trinajstić information content (AvgIpc) is 1.96. The third kappa shape index (κ3) is 5.30. The highest BCUT2D eigenvalue weighted by molar-refractivity contribution is 6.08. The van der Waals surface area contributed by atoms with Crippen molar-refractivity contribution in [1.82, 2.24) is 0 Å². The zero-order chi connectivity index (χ0) is 9.61. The van der Waals surface area contributed by atoms with Gasteiger partial charge in [-0.05, 0) is 6.42 Å². The Hall–Kier alpha value is -0.573. The van der Waals surface area contributed by atoms with Gasteiger partial charge in [0.25, 0.3) is 0 Å². The zero-order valence-electron chi connectivity index (χ0n) is 8.22. The van der Waals surface area contributed by atoms with Crippen LogP contribution in [0.25, 0.3) is 0 Å². The van der Waals surface area contributed by atoms with Gasteiger partial charge in [-0.25, -0.2) is 4.79 Å². The van der Waals surface area contributed by atoms with Gasteiger partial charge >= 0.3 is 5.97 Å². The highest BCUT2D eigenvalue weighted by Crippen LogP contribution is 1.86. The lowest BCUT2D eigenvalue weighted by Gasteiger charge is -1.97. The van der Waals surface area contributed by atoms with Crippen LogP contribution in [0.2, 0.25) is 6.04 Å². The van der Waals surface area contributed by atoms with E-state index in [1.165, 1.54) is 0 Å². The van der Waals surface area contributed by atoms with Crippen LogP contribution in [0.15, 0.2) is 12.7 Å². The summed E-state index contributed by atoms with van der Waals surface area (Å²) in [5.74, 6) is -0.498. The second-order valence-electron chi connectivity index (χ2n) is 1.48. The molecule has 0 aliphatic rings. The van der Waals surface area contributed by atoms with E-state index in [4.69, 9.17) is 3.70 Å². The number of hydrogen-bond acceptors (Lipinski definition) is 2. The molecule has 0 amide bonds. The summed E-state index contributed by atoms with van der Waals surface area (Å²) in [6.07, 6.45) is 1.48. The molecule has 0 atom stereocenters. The molecule has 0 heterocycles. The van der Waals surface area contributed by atoms with Gasteiger partial charge in [-0.3, -0.25) is 0 Å². The molecule has 0 aliphatic carbocycles. The fourth-order valence-electron chi connectivity index (χ4n) is 0.304. The van der Waals surface area contributed by atoms with Crippen molar-refractivity contribution in [3.8, 4) is 0 Å². The van der Waals surface area contributed by atoms with E-state index < -0.39 is 16.0 Å². The number of carbonyl (C=O) groups is 1. The van der Waals surface area contributed by atoms with Crippen molar-refractivity contribution in [2.75, 3.05) is 6.61 Å². The van der Waals surface area contributed by atoms with Gasteiger partial charge in [0.15, 0.2) is 0 Å². The summed E-state index contributed by atoms with van der Waals surface area (Å²) in [5, 5.41) is 0.